The lowest BCUT2D eigenvalue weighted by Crippen LogP contribution is -2.60. The Morgan fingerprint density at radius 3 is 2.41 bits per heavy atom. The molecule has 0 aromatic heterocycles. The van der Waals surface area contributed by atoms with Crippen LogP contribution in [0.5, 0.6) is 5.75 Å². The Morgan fingerprint density at radius 2 is 1.76 bits per heavy atom. The zero-order valence-electron chi connectivity index (χ0n) is 18.2. The molecule has 0 saturated carbocycles. The number of aliphatic hydroxyl groups is 1. The van der Waals surface area contributed by atoms with Gasteiger partial charge in [0.2, 0.25) is 10.0 Å². The minimum atomic E-state index is -4.38. The predicted octanol–water partition coefficient (Wildman–Crippen LogP) is 3.33. The molecule has 9 nitrogen and oxygen atoms in total. The molecule has 5 rings (SSSR count). The number of carbonyl (C=O) groups is 1. The molecule has 0 saturated heterocycles. The molecule has 0 fully saturated rings. The molecule has 0 amide bonds. The van der Waals surface area contributed by atoms with Crippen molar-refractivity contribution in [1.82, 2.24) is 4.72 Å². The van der Waals surface area contributed by atoms with E-state index in [9.17, 15) is 28.4 Å². The first-order valence-electron chi connectivity index (χ1n) is 10.5. The van der Waals surface area contributed by atoms with Crippen LogP contribution in [0.1, 0.15) is 46.8 Å². The van der Waals surface area contributed by atoms with Gasteiger partial charge in [-0.2, -0.15) is 4.72 Å². The SMILES string of the molecule is CC(C)c1ccc2c(c1)OC1(O)c3c(cccc3[N+](=O)[O-])C(=O)C21NS(=O)(=O)c1ccccc1. The fraction of sp³-hybridized carbons (Fsp3) is 0.208. The first kappa shape index (κ1) is 22.2. The van der Waals surface area contributed by atoms with Crippen LogP contribution in [0.15, 0.2) is 71.6 Å². The summed E-state index contributed by atoms with van der Waals surface area (Å²) in [5, 5.41) is 23.7. The number of nitro groups is 1. The van der Waals surface area contributed by atoms with Crippen LogP contribution in [0, 0.1) is 10.1 Å². The molecule has 10 heteroatoms. The van der Waals surface area contributed by atoms with Crippen LogP contribution in [0.2, 0.25) is 0 Å². The van der Waals surface area contributed by atoms with Crippen LogP contribution in [0.4, 0.5) is 5.69 Å². The molecule has 2 atom stereocenters. The van der Waals surface area contributed by atoms with Gasteiger partial charge in [0.25, 0.3) is 11.5 Å². The molecule has 2 N–H and O–H groups in total. The molecule has 2 unspecified atom stereocenters. The van der Waals surface area contributed by atoms with E-state index in [1.807, 2.05) is 13.8 Å². The van der Waals surface area contributed by atoms with Crippen LogP contribution in [0.25, 0.3) is 0 Å². The van der Waals surface area contributed by atoms with E-state index in [0.717, 1.165) is 11.6 Å². The van der Waals surface area contributed by atoms with Crippen LogP contribution in [0.3, 0.4) is 0 Å². The van der Waals surface area contributed by atoms with Gasteiger partial charge in [0.05, 0.1) is 9.82 Å². The summed E-state index contributed by atoms with van der Waals surface area (Å²) in [6.07, 6.45) is 0. The molecule has 0 radical (unpaired) electrons. The van der Waals surface area contributed by atoms with Gasteiger partial charge in [0.1, 0.15) is 11.3 Å². The van der Waals surface area contributed by atoms with E-state index in [2.05, 4.69) is 4.72 Å². The Morgan fingerprint density at radius 1 is 1.06 bits per heavy atom. The summed E-state index contributed by atoms with van der Waals surface area (Å²) < 4.78 is 35.1. The maximum absolute atomic E-state index is 13.9. The number of hydrogen-bond donors (Lipinski definition) is 2. The van der Waals surface area contributed by atoms with Gasteiger partial charge in [-0.05, 0) is 29.7 Å². The van der Waals surface area contributed by atoms with Crippen molar-refractivity contribution in [2.24, 2.45) is 0 Å². The van der Waals surface area contributed by atoms with Gasteiger partial charge in [-0.1, -0.05) is 56.3 Å². The Balaban J connectivity index is 1.81. The topological polar surface area (TPSA) is 136 Å². The maximum Gasteiger partial charge on any atom is 0.280 e. The lowest BCUT2D eigenvalue weighted by Gasteiger charge is -2.33. The average molecular weight is 480 g/mol. The largest absolute Gasteiger partial charge is 0.454 e. The number of sulfonamides is 1. The van der Waals surface area contributed by atoms with E-state index in [0.29, 0.717) is 0 Å². The first-order chi connectivity index (χ1) is 16.0. The summed E-state index contributed by atoms with van der Waals surface area (Å²) in [5.41, 5.74) is -2.59. The summed E-state index contributed by atoms with van der Waals surface area (Å²) >= 11 is 0. The molecule has 1 heterocycles. The lowest BCUT2D eigenvalue weighted by atomic mass is 9.83. The molecule has 0 bridgehead atoms. The highest BCUT2D eigenvalue weighted by atomic mass is 32.2. The summed E-state index contributed by atoms with van der Waals surface area (Å²) in [6.45, 7) is 3.87. The van der Waals surface area contributed by atoms with Crippen molar-refractivity contribution in [3.63, 3.8) is 0 Å². The van der Waals surface area contributed by atoms with Crippen molar-refractivity contribution in [2.45, 2.75) is 36.0 Å². The van der Waals surface area contributed by atoms with Gasteiger partial charge in [0, 0.05) is 17.2 Å². The van der Waals surface area contributed by atoms with Gasteiger partial charge in [-0.3, -0.25) is 14.9 Å². The molecule has 3 aromatic carbocycles. The summed E-state index contributed by atoms with van der Waals surface area (Å²) in [4.78, 5) is 24.8. The van der Waals surface area contributed by atoms with Gasteiger partial charge >= 0.3 is 0 Å². The van der Waals surface area contributed by atoms with Crippen LogP contribution >= 0.6 is 0 Å². The number of ketones is 1. The Kier molecular flexibility index (Phi) is 4.70. The third kappa shape index (κ3) is 2.79. The number of nitro benzene ring substituents is 1. The minimum Gasteiger partial charge on any atom is -0.454 e. The molecule has 174 valence electrons. The molecule has 34 heavy (non-hydrogen) atoms. The number of ether oxygens (including phenoxy) is 1. The molecular formula is C24H20N2O7S. The standard InChI is InChI=1S/C24H20N2O7S/c1-14(2)15-11-12-18-20(13-15)33-24(28)21-17(9-6-10-19(21)26(29)30)22(27)23(18,24)25-34(31,32)16-7-4-3-5-8-16/h3-14,25,28H,1-2H3. The van der Waals surface area contributed by atoms with Crippen molar-refractivity contribution < 1.29 is 28.0 Å². The highest BCUT2D eigenvalue weighted by Crippen LogP contribution is 2.60. The molecular weight excluding hydrogens is 460 g/mol. The molecule has 0 spiro atoms. The van der Waals surface area contributed by atoms with E-state index >= 15 is 0 Å². The first-order valence-corrected chi connectivity index (χ1v) is 12.0. The smallest absolute Gasteiger partial charge is 0.280 e. The Labute approximate surface area is 195 Å². The number of hydrogen-bond acceptors (Lipinski definition) is 7. The molecule has 1 aliphatic carbocycles. The van der Waals surface area contributed by atoms with Gasteiger partial charge < -0.3 is 9.84 Å². The van der Waals surface area contributed by atoms with Crippen molar-refractivity contribution in [2.75, 3.05) is 0 Å². The number of benzene rings is 3. The number of carbonyl (C=O) groups excluding carboxylic acids is 1. The van der Waals surface area contributed by atoms with E-state index in [-0.39, 0.29) is 33.3 Å². The molecule has 1 aliphatic heterocycles. The number of Topliss-reactive ketones (excluding diaryl/α,β-unsaturated/α-hetero) is 1. The third-order valence-corrected chi connectivity index (χ3v) is 7.81. The highest BCUT2D eigenvalue weighted by molar-refractivity contribution is 7.89. The van der Waals surface area contributed by atoms with Crippen molar-refractivity contribution in [3.05, 3.63) is 99.1 Å². The maximum atomic E-state index is 13.9. The number of nitrogens with one attached hydrogen (secondary N) is 1. The normalized spacial score (nSPS) is 22.8. The predicted molar refractivity (Wildman–Crippen MR) is 121 cm³/mol. The third-order valence-electron chi connectivity index (χ3n) is 6.35. The van der Waals surface area contributed by atoms with E-state index in [1.54, 1.807) is 18.2 Å². The van der Waals surface area contributed by atoms with Crippen molar-refractivity contribution in [1.29, 1.82) is 0 Å². The highest BCUT2D eigenvalue weighted by Gasteiger charge is 2.74. The van der Waals surface area contributed by atoms with Crippen molar-refractivity contribution >= 4 is 21.5 Å². The monoisotopic (exact) mass is 480 g/mol. The van der Waals surface area contributed by atoms with E-state index in [4.69, 9.17) is 4.74 Å². The van der Waals surface area contributed by atoms with E-state index < -0.39 is 37.7 Å². The lowest BCUT2D eigenvalue weighted by molar-refractivity contribution is -0.388. The second-order valence-electron chi connectivity index (χ2n) is 8.61. The number of nitrogens with zero attached hydrogens (tertiary/aromatic N) is 1. The van der Waals surface area contributed by atoms with Crippen molar-refractivity contribution in [3.8, 4) is 5.75 Å². The summed E-state index contributed by atoms with van der Waals surface area (Å²) in [7, 11) is -4.38. The quantitative estimate of drug-likeness (QED) is 0.422. The van der Waals surface area contributed by atoms with Crippen LogP contribution in [-0.4, -0.2) is 24.2 Å². The van der Waals surface area contributed by atoms with Crippen LogP contribution in [-0.2, 0) is 21.3 Å². The number of rotatable bonds is 5. The second-order valence-corrected chi connectivity index (χ2v) is 10.3. The summed E-state index contributed by atoms with van der Waals surface area (Å²) in [5.74, 6) is -3.38. The Bertz CT molecular complexity index is 1470. The molecule has 2 aliphatic rings. The second kappa shape index (κ2) is 7.20. The summed E-state index contributed by atoms with van der Waals surface area (Å²) in [6, 6.07) is 15.9. The molecule has 3 aromatic rings. The van der Waals surface area contributed by atoms with Gasteiger partial charge in [0.15, 0.2) is 11.3 Å². The number of fused-ring (bicyclic) bond motifs is 5. The average Bonchev–Trinajstić information content (AvgIpc) is 3.15. The Hall–Kier alpha value is -3.60. The minimum absolute atomic E-state index is 0.0678. The van der Waals surface area contributed by atoms with E-state index in [1.165, 1.54) is 42.5 Å². The fourth-order valence-corrected chi connectivity index (χ4v) is 6.07. The zero-order chi connectivity index (χ0) is 24.5. The fourth-order valence-electron chi connectivity index (χ4n) is 4.70. The van der Waals surface area contributed by atoms with Gasteiger partial charge in [-0.25, -0.2) is 8.42 Å². The zero-order valence-corrected chi connectivity index (χ0v) is 19.0. The van der Waals surface area contributed by atoms with Gasteiger partial charge in [-0.15, -0.1) is 0 Å². The van der Waals surface area contributed by atoms with Crippen LogP contribution < -0.4 is 9.46 Å².